The monoisotopic (exact) mass is 236 g/mol. The van der Waals surface area contributed by atoms with Gasteiger partial charge in [-0.05, 0) is 38.8 Å². The molecule has 2 aliphatic heterocycles. The van der Waals surface area contributed by atoms with Crippen molar-refractivity contribution >= 4 is 0 Å². The Bertz CT molecular complexity index is 384. The summed E-state index contributed by atoms with van der Waals surface area (Å²) in [7, 11) is 0. The van der Waals surface area contributed by atoms with E-state index in [1.807, 2.05) is 4.68 Å². The van der Waals surface area contributed by atoms with Gasteiger partial charge >= 0.3 is 0 Å². The van der Waals surface area contributed by atoms with Gasteiger partial charge in [-0.1, -0.05) is 0 Å². The highest BCUT2D eigenvalue weighted by Crippen LogP contribution is 2.28. The van der Waals surface area contributed by atoms with E-state index in [0.29, 0.717) is 5.92 Å². The van der Waals surface area contributed by atoms with Gasteiger partial charge in [-0.15, -0.1) is 0 Å². The highest BCUT2D eigenvalue weighted by Gasteiger charge is 2.27. The summed E-state index contributed by atoms with van der Waals surface area (Å²) in [5, 5.41) is 17.4. The molecule has 1 saturated heterocycles. The number of nitrogens with zero attached hydrogens (tertiary/aromatic N) is 3. The van der Waals surface area contributed by atoms with E-state index in [4.69, 9.17) is 4.98 Å². The van der Waals surface area contributed by atoms with Crippen molar-refractivity contribution in [2.75, 3.05) is 19.7 Å². The summed E-state index contributed by atoms with van der Waals surface area (Å²) in [6.45, 7) is 3.30. The average molecular weight is 236 g/mol. The fourth-order valence-corrected chi connectivity index (χ4v) is 2.88. The topological polar surface area (TPSA) is 63.0 Å². The van der Waals surface area contributed by atoms with Gasteiger partial charge in [0.15, 0.2) is 5.82 Å². The molecular formula is C12H20N4O. The molecule has 5 heteroatoms. The van der Waals surface area contributed by atoms with Crippen molar-refractivity contribution < 1.29 is 5.11 Å². The Morgan fingerprint density at radius 1 is 1.29 bits per heavy atom. The molecule has 0 saturated carbocycles. The van der Waals surface area contributed by atoms with E-state index in [-0.39, 0.29) is 12.5 Å². The second-order valence-electron chi connectivity index (χ2n) is 5.10. The molecule has 0 amide bonds. The molecule has 17 heavy (non-hydrogen) atoms. The normalized spacial score (nSPS) is 25.8. The number of rotatable bonds is 2. The summed E-state index contributed by atoms with van der Waals surface area (Å²) in [6.07, 6.45) is 4.41. The van der Waals surface area contributed by atoms with E-state index in [1.54, 1.807) is 0 Å². The molecule has 1 fully saturated rings. The lowest BCUT2D eigenvalue weighted by molar-refractivity contribution is 0.234. The largest absolute Gasteiger partial charge is 0.396 e. The Morgan fingerprint density at radius 2 is 2.12 bits per heavy atom. The number of aliphatic hydroxyl groups excluding tert-OH is 1. The molecule has 3 heterocycles. The average Bonchev–Trinajstić information content (AvgIpc) is 2.83. The third-order valence-corrected chi connectivity index (χ3v) is 3.93. The molecule has 0 aromatic carbocycles. The van der Waals surface area contributed by atoms with Crippen LogP contribution in [0.1, 0.15) is 49.2 Å². The van der Waals surface area contributed by atoms with Crippen molar-refractivity contribution in [2.24, 2.45) is 0 Å². The zero-order chi connectivity index (χ0) is 11.7. The molecule has 1 aromatic rings. The first-order valence-corrected chi connectivity index (χ1v) is 6.64. The zero-order valence-electron chi connectivity index (χ0n) is 10.1. The molecule has 0 radical (unpaired) electrons. The van der Waals surface area contributed by atoms with Crippen LogP contribution < -0.4 is 5.32 Å². The summed E-state index contributed by atoms with van der Waals surface area (Å²) in [6, 6.07) is 0. The third kappa shape index (κ3) is 2.09. The predicted molar refractivity (Wildman–Crippen MR) is 63.9 cm³/mol. The maximum atomic E-state index is 9.37. The molecule has 1 aromatic heterocycles. The van der Waals surface area contributed by atoms with E-state index in [0.717, 1.165) is 57.0 Å². The van der Waals surface area contributed by atoms with Crippen LogP contribution in [0.2, 0.25) is 0 Å². The summed E-state index contributed by atoms with van der Waals surface area (Å²) < 4.78 is 2.02. The van der Waals surface area contributed by atoms with Crippen molar-refractivity contribution in [3.05, 3.63) is 11.6 Å². The number of hydrogen-bond acceptors (Lipinski definition) is 4. The number of nitrogens with one attached hydrogen (secondary N) is 1. The van der Waals surface area contributed by atoms with Crippen molar-refractivity contribution in [1.29, 1.82) is 0 Å². The van der Waals surface area contributed by atoms with Crippen molar-refractivity contribution in [3.63, 3.8) is 0 Å². The molecule has 0 spiro atoms. The van der Waals surface area contributed by atoms with Gasteiger partial charge in [-0.25, -0.2) is 9.67 Å². The van der Waals surface area contributed by atoms with E-state index in [1.165, 1.54) is 0 Å². The highest BCUT2D eigenvalue weighted by atomic mass is 16.3. The van der Waals surface area contributed by atoms with Crippen molar-refractivity contribution in [3.8, 4) is 0 Å². The van der Waals surface area contributed by atoms with Gasteiger partial charge in [0, 0.05) is 18.4 Å². The van der Waals surface area contributed by atoms with Crippen LogP contribution in [-0.4, -0.2) is 39.6 Å². The molecule has 1 unspecified atom stereocenters. The van der Waals surface area contributed by atoms with Gasteiger partial charge in [0.1, 0.15) is 5.82 Å². The van der Waals surface area contributed by atoms with E-state index >= 15 is 0 Å². The number of piperidine rings is 1. The minimum atomic E-state index is 0.199. The Hall–Kier alpha value is -0.940. The van der Waals surface area contributed by atoms with E-state index in [2.05, 4.69) is 10.4 Å². The third-order valence-electron chi connectivity index (χ3n) is 3.93. The fourth-order valence-electron chi connectivity index (χ4n) is 2.88. The van der Waals surface area contributed by atoms with Crippen molar-refractivity contribution in [1.82, 2.24) is 20.1 Å². The lowest BCUT2D eigenvalue weighted by Gasteiger charge is -2.19. The van der Waals surface area contributed by atoms with Crippen molar-refractivity contribution in [2.45, 2.75) is 44.1 Å². The number of aliphatic hydroxyl groups is 1. The summed E-state index contributed by atoms with van der Waals surface area (Å²) >= 11 is 0. The minimum absolute atomic E-state index is 0.199. The first-order chi connectivity index (χ1) is 8.38. The maximum Gasteiger partial charge on any atom is 0.154 e. The molecule has 0 bridgehead atoms. The smallest absolute Gasteiger partial charge is 0.154 e. The first-order valence-electron chi connectivity index (χ1n) is 6.64. The quantitative estimate of drug-likeness (QED) is 0.790. The van der Waals surface area contributed by atoms with Crippen LogP contribution in [-0.2, 0) is 6.54 Å². The molecular weight excluding hydrogens is 216 g/mol. The Balaban J connectivity index is 1.84. The summed E-state index contributed by atoms with van der Waals surface area (Å²) in [4.78, 5) is 4.69. The highest BCUT2D eigenvalue weighted by molar-refractivity contribution is 5.07. The lowest BCUT2D eigenvalue weighted by atomic mass is 9.97. The Morgan fingerprint density at radius 3 is 2.88 bits per heavy atom. The van der Waals surface area contributed by atoms with Gasteiger partial charge in [0.2, 0.25) is 0 Å². The van der Waals surface area contributed by atoms with Crippen LogP contribution in [0.15, 0.2) is 0 Å². The van der Waals surface area contributed by atoms with Crippen LogP contribution in [0.4, 0.5) is 0 Å². The summed E-state index contributed by atoms with van der Waals surface area (Å²) in [5.74, 6) is 2.72. The number of fused-ring (bicyclic) bond motifs is 1. The minimum Gasteiger partial charge on any atom is -0.396 e. The standard InChI is InChI=1S/C12H20N4O/c17-8-10-2-1-7-16-12(10)14-11(15-16)9-3-5-13-6-4-9/h9-10,13,17H,1-8H2. The molecule has 5 nitrogen and oxygen atoms in total. The van der Waals surface area contributed by atoms with Gasteiger partial charge < -0.3 is 10.4 Å². The fraction of sp³-hybridized carbons (Fsp3) is 0.833. The van der Waals surface area contributed by atoms with Gasteiger partial charge in [0.05, 0.1) is 6.61 Å². The van der Waals surface area contributed by atoms with Crippen LogP contribution in [0.3, 0.4) is 0 Å². The van der Waals surface area contributed by atoms with Crippen LogP contribution >= 0.6 is 0 Å². The van der Waals surface area contributed by atoms with Gasteiger partial charge in [-0.3, -0.25) is 0 Å². The lowest BCUT2D eigenvalue weighted by Crippen LogP contribution is -2.27. The van der Waals surface area contributed by atoms with Crippen LogP contribution in [0.25, 0.3) is 0 Å². The number of hydrogen-bond donors (Lipinski definition) is 2. The molecule has 2 N–H and O–H groups in total. The second kappa shape index (κ2) is 4.74. The number of aromatic nitrogens is 3. The molecule has 3 rings (SSSR count). The summed E-state index contributed by atoms with van der Waals surface area (Å²) in [5.41, 5.74) is 0. The Kier molecular flexibility index (Phi) is 3.11. The van der Waals surface area contributed by atoms with Crippen LogP contribution in [0.5, 0.6) is 0 Å². The first kappa shape index (κ1) is 11.2. The predicted octanol–water partition coefficient (Wildman–Crippen LogP) is 0.615. The Labute approximate surface area is 101 Å². The zero-order valence-corrected chi connectivity index (χ0v) is 10.1. The van der Waals surface area contributed by atoms with E-state index < -0.39 is 0 Å². The molecule has 2 aliphatic rings. The van der Waals surface area contributed by atoms with Gasteiger partial charge in [-0.2, -0.15) is 5.10 Å². The maximum absolute atomic E-state index is 9.37. The van der Waals surface area contributed by atoms with Gasteiger partial charge in [0.25, 0.3) is 0 Å². The van der Waals surface area contributed by atoms with Crippen LogP contribution in [0, 0.1) is 0 Å². The van der Waals surface area contributed by atoms with E-state index in [9.17, 15) is 5.11 Å². The number of aryl methyl sites for hydroxylation is 1. The molecule has 0 aliphatic carbocycles. The SMILES string of the molecule is OCC1CCCn2nc(C3CCNCC3)nc21. The second-order valence-corrected chi connectivity index (χ2v) is 5.10. The molecule has 94 valence electrons. The molecule has 1 atom stereocenters.